The van der Waals surface area contributed by atoms with Gasteiger partial charge in [0.2, 0.25) is 0 Å². The van der Waals surface area contributed by atoms with Crippen molar-refractivity contribution in [1.82, 2.24) is 5.32 Å². The fourth-order valence-electron chi connectivity index (χ4n) is 2.74. The topological polar surface area (TPSA) is 21.3 Å². The predicted molar refractivity (Wildman–Crippen MR) is 75.6 cm³/mol. The summed E-state index contributed by atoms with van der Waals surface area (Å²) in [6.07, 6.45) is 2.33. The van der Waals surface area contributed by atoms with Crippen LogP contribution < -0.4 is 5.32 Å². The molecule has 2 nitrogen and oxygen atoms in total. The Morgan fingerprint density at radius 2 is 2.06 bits per heavy atom. The van der Waals surface area contributed by atoms with Gasteiger partial charge in [0.05, 0.1) is 5.60 Å². The van der Waals surface area contributed by atoms with Crippen LogP contribution in [0.25, 0.3) is 0 Å². The lowest BCUT2D eigenvalue weighted by Crippen LogP contribution is -2.38. The van der Waals surface area contributed by atoms with Gasteiger partial charge in [-0.2, -0.15) is 0 Å². The zero-order chi connectivity index (χ0) is 13.0. The summed E-state index contributed by atoms with van der Waals surface area (Å²) in [4.78, 5) is 0. The Morgan fingerprint density at radius 1 is 1.33 bits per heavy atom. The highest BCUT2D eigenvalue weighted by Gasteiger charge is 2.28. The molecule has 0 aliphatic carbocycles. The average Bonchev–Trinajstić information content (AvgIpc) is 2.36. The van der Waals surface area contributed by atoms with Crippen LogP contribution in [0, 0.1) is 5.92 Å². The molecule has 1 aliphatic rings. The minimum Gasteiger partial charge on any atom is -0.376 e. The molecule has 1 aromatic rings. The minimum atomic E-state index is 0.0561. The first-order chi connectivity index (χ1) is 8.57. The molecule has 1 fully saturated rings. The lowest BCUT2D eigenvalue weighted by molar-refractivity contribution is -0.0720. The van der Waals surface area contributed by atoms with Crippen LogP contribution in [-0.2, 0) is 4.74 Å². The number of nitrogens with one attached hydrogen (secondary N) is 1. The molecule has 0 spiro atoms. The average molecular weight is 247 g/mol. The summed E-state index contributed by atoms with van der Waals surface area (Å²) < 4.78 is 5.76. The van der Waals surface area contributed by atoms with E-state index >= 15 is 0 Å². The third kappa shape index (κ3) is 3.82. The molecule has 2 heteroatoms. The Bertz CT molecular complexity index is 361. The van der Waals surface area contributed by atoms with E-state index in [1.165, 1.54) is 12.0 Å². The molecule has 100 valence electrons. The largest absolute Gasteiger partial charge is 0.376 e. The molecule has 0 aromatic heterocycles. The van der Waals surface area contributed by atoms with Crippen molar-refractivity contribution < 1.29 is 4.74 Å². The lowest BCUT2D eigenvalue weighted by atomic mass is 9.88. The first-order valence-corrected chi connectivity index (χ1v) is 6.99. The molecule has 1 heterocycles. The van der Waals surface area contributed by atoms with Gasteiger partial charge in [0.15, 0.2) is 0 Å². The Kier molecular flexibility index (Phi) is 4.41. The second-order valence-electron chi connectivity index (χ2n) is 6.01. The van der Waals surface area contributed by atoms with Crippen molar-refractivity contribution in [3.63, 3.8) is 0 Å². The van der Waals surface area contributed by atoms with Crippen LogP contribution >= 0.6 is 0 Å². The fourth-order valence-corrected chi connectivity index (χ4v) is 2.74. The Balaban J connectivity index is 1.81. The number of ether oxygens (including phenoxy) is 1. The summed E-state index contributed by atoms with van der Waals surface area (Å²) in [5.74, 6) is 0.736. The molecule has 0 unspecified atom stereocenters. The van der Waals surface area contributed by atoms with Crippen LogP contribution in [0.4, 0.5) is 0 Å². The number of hydrogen-bond donors (Lipinski definition) is 1. The van der Waals surface area contributed by atoms with Gasteiger partial charge in [-0.3, -0.25) is 0 Å². The quantitative estimate of drug-likeness (QED) is 0.878. The molecule has 0 saturated carbocycles. The van der Waals surface area contributed by atoms with E-state index in [1.54, 1.807) is 0 Å². The van der Waals surface area contributed by atoms with E-state index in [0.717, 1.165) is 25.5 Å². The van der Waals surface area contributed by atoms with Crippen molar-refractivity contribution in [2.24, 2.45) is 5.92 Å². The monoisotopic (exact) mass is 247 g/mol. The fraction of sp³-hybridized carbons (Fsp3) is 0.625. The second-order valence-corrected chi connectivity index (χ2v) is 6.01. The minimum absolute atomic E-state index is 0.0561. The molecule has 2 atom stereocenters. The molecular formula is C16H25NO. The smallest absolute Gasteiger partial charge is 0.0629 e. The maximum Gasteiger partial charge on any atom is 0.0629 e. The van der Waals surface area contributed by atoms with Gasteiger partial charge in [-0.1, -0.05) is 30.3 Å². The zero-order valence-electron chi connectivity index (χ0n) is 11.8. The summed E-state index contributed by atoms with van der Waals surface area (Å²) in [6, 6.07) is 11.1. The Hall–Kier alpha value is -0.860. The van der Waals surface area contributed by atoms with Gasteiger partial charge >= 0.3 is 0 Å². The van der Waals surface area contributed by atoms with Gasteiger partial charge in [-0.15, -0.1) is 0 Å². The van der Waals surface area contributed by atoms with Crippen LogP contribution in [0.3, 0.4) is 0 Å². The number of hydrogen-bond acceptors (Lipinski definition) is 2. The van der Waals surface area contributed by atoms with Gasteiger partial charge in [0, 0.05) is 12.6 Å². The van der Waals surface area contributed by atoms with Crippen molar-refractivity contribution in [3.05, 3.63) is 35.9 Å². The lowest BCUT2D eigenvalue weighted by Gasteiger charge is -2.36. The Morgan fingerprint density at radius 3 is 2.72 bits per heavy atom. The first-order valence-electron chi connectivity index (χ1n) is 6.99. The van der Waals surface area contributed by atoms with E-state index in [0.29, 0.717) is 6.04 Å². The first kappa shape index (κ1) is 13.6. The highest BCUT2D eigenvalue weighted by molar-refractivity contribution is 5.17. The normalized spacial score (nSPS) is 24.7. The second kappa shape index (κ2) is 5.85. The molecular weight excluding hydrogens is 222 g/mol. The van der Waals surface area contributed by atoms with Gasteiger partial charge in [0.25, 0.3) is 0 Å². The summed E-state index contributed by atoms with van der Waals surface area (Å²) in [7, 11) is 0. The summed E-state index contributed by atoms with van der Waals surface area (Å²) >= 11 is 0. The third-order valence-electron chi connectivity index (χ3n) is 3.81. The highest BCUT2D eigenvalue weighted by Crippen LogP contribution is 2.28. The van der Waals surface area contributed by atoms with E-state index in [4.69, 9.17) is 4.74 Å². The van der Waals surface area contributed by atoms with E-state index in [1.807, 2.05) is 0 Å². The van der Waals surface area contributed by atoms with Crippen LogP contribution in [0.15, 0.2) is 30.3 Å². The van der Waals surface area contributed by atoms with Crippen LogP contribution in [0.2, 0.25) is 0 Å². The maximum absolute atomic E-state index is 5.76. The highest BCUT2D eigenvalue weighted by atomic mass is 16.5. The number of benzene rings is 1. The molecule has 0 radical (unpaired) electrons. The van der Waals surface area contributed by atoms with Gasteiger partial charge in [0.1, 0.15) is 0 Å². The van der Waals surface area contributed by atoms with E-state index in [9.17, 15) is 0 Å². The molecule has 18 heavy (non-hydrogen) atoms. The van der Waals surface area contributed by atoms with Crippen LogP contribution in [-0.4, -0.2) is 18.8 Å². The summed E-state index contributed by atoms with van der Waals surface area (Å²) in [5.41, 5.74) is 1.42. The maximum atomic E-state index is 5.76. The van der Waals surface area contributed by atoms with E-state index < -0.39 is 0 Å². The Labute approximate surface area is 111 Å². The van der Waals surface area contributed by atoms with E-state index in [-0.39, 0.29) is 5.60 Å². The van der Waals surface area contributed by atoms with E-state index in [2.05, 4.69) is 56.4 Å². The zero-order valence-corrected chi connectivity index (χ0v) is 11.8. The van der Waals surface area contributed by atoms with Gasteiger partial charge in [-0.05, 0) is 51.6 Å². The predicted octanol–water partition coefficient (Wildman–Crippen LogP) is 3.54. The van der Waals surface area contributed by atoms with Crippen molar-refractivity contribution in [1.29, 1.82) is 0 Å². The van der Waals surface area contributed by atoms with Crippen LogP contribution in [0.1, 0.15) is 45.2 Å². The molecule has 1 saturated heterocycles. The molecule has 2 rings (SSSR count). The van der Waals surface area contributed by atoms with Crippen molar-refractivity contribution >= 4 is 0 Å². The molecule has 0 bridgehead atoms. The van der Waals surface area contributed by atoms with Crippen molar-refractivity contribution in [2.45, 2.75) is 45.3 Å². The standard InChI is InChI=1S/C16H25NO/c1-13(15-7-5-4-6-8-15)17-12-14-9-10-18-16(2,3)11-14/h4-8,13-14,17H,9-12H2,1-3H3/t13-,14+/m0/s1. The van der Waals surface area contributed by atoms with Crippen LogP contribution in [0.5, 0.6) is 0 Å². The number of rotatable bonds is 4. The van der Waals surface area contributed by atoms with Gasteiger partial charge < -0.3 is 10.1 Å². The molecule has 1 aliphatic heterocycles. The molecule has 1 N–H and O–H groups in total. The molecule has 0 amide bonds. The molecule has 1 aromatic carbocycles. The summed E-state index contributed by atoms with van der Waals surface area (Å²) in [6.45, 7) is 8.61. The van der Waals surface area contributed by atoms with Gasteiger partial charge in [-0.25, -0.2) is 0 Å². The van der Waals surface area contributed by atoms with Crippen molar-refractivity contribution in [3.8, 4) is 0 Å². The third-order valence-corrected chi connectivity index (χ3v) is 3.81. The SMILES string of the molecule is C[C@H](NC[C@@H]1CCOC(C)(C)C1)c1ccccc1. The summed E-state index contributed by atoms with van der Waals surface area (Å²) in [5, 5.41) is 3.65. The van der Waals surface area contributed by atoms with Crippen molar-refractivity contribution in [2.75, 3.05) is 13.2 Å².